The van der Waals surface area contributed by atoms with Crippen molar-refractivity contribution in [1.29, 1.82) is 0 Å². The maximum absolute atomic E-state index is 12.3. The molecule has 0 radical (unpaired) electrons. The largest absolute Gasteiger partial charge is 0.396 e. The van der Waals surface area contributed by atoms with E-state index in [2.05, 4.69) is 10.4 Å². The van der Waals surface area contributed by atoms with Crippen LogP contribution in [0.2, 0.25) is 10.0 Å². The predicted molar refractivity (Wildman–Crippen MR) is 92.4 cm³/mol. The molecule has 0 aliphatic rings. The standard InChI is InChI=1S/C16H12Cl2N4O/c17-13-8-11(9-14(18)15(13)19)21-16(23)10-2-4-12(5-3-10)22-7-1-6-20-22/h1-9H,19H2,(H,21,23). The summed E-state index contributed by atoms with van der Waals surface area (Å²) in [7, 11) is 0. The minimum absolute atomic E-state index is 0.270. The van der Waals surface area contributed by atoms with Gasteiger partial charge in [-0.25, -0.2) is 4.68 Å². The smallest absolute Gasteiger partial charge is 0.255 e. The van der Waals surface area contributed by atoms with Gasteiger partial charge in [-0.05, 0) is 42.5 Å². The summed E-state index contributed by atoms with van der Waals surface area (Å²) >= 11 is 11.9. The van der Waals surface area contributed by atoms with Crippen LogP contribution in [0.3, 0.4) is 0 Å². The van der Waals surface area contributed by atoms with Crippen molar-refractivity contribution in [3.63, 3.8) is 0 Å². The van der Waals surface area contributed by atoms with E-state index in [4.69, 9.17) is 28.9 Å². The van der Waals surface area contributed by atoms with Gasteiger partial charge in [0.25, 0.3) is 5.91 Å². The highest BCUT2D eigenvalue weighted by molar-refractivity contribution is 6.39. The summed E-state index contributed by atoms with van der Waals surface area (Å²) in [6, 6.07) is 12.0. The average Bonchev–Trinajstić information content (AvgIpc) is 3.07. The molecule has 3 rings (SSSR count). The molecule has 0 aliphatic carbocycles. The van der Waals surface area contributed by atoms with E-state index in [1.54, 1.807) is 35.1 Å². The molecule has 1 aromatic heterocycles. The van der Waals surface area contributed by atoms with Crippen LogP contribution in [0.15, 0.2) is 54.9 Å². The number of halogens is 2. The lowest BCUT2D eigenvalue weighted by atomic mass is 10.2. The van der Waals surface area contributed by atoms with Crippen LogP contribution < -0.4 is 11.1 Å². The molecule has 7 heteroatoms. The molecule has 23 heavy (non-hydrogen) atoms. The first-order chi connectivity index (χ1) is 11.0. The predicted octanol–water partition coefficient (Wildman–Crippen LogP) is 4.01. The summed E-state index contributed by atoms with van der Waals surface area (Å²) in [6.07, 6.45) is 3.52. The summed E-state index contributed by atoms with van der Waals surface area (Å²) in [5.74, 6) is -0.270. The Bertz CT molecular complexity index is 822. The number of carbonyl (C=O) groups is 1. The number of rotatable bonds is 3. The Labute approximate surface area is 142 Å². The average molecular weight is 347 g/mol. The van der Waals surface area contributed by atoms with Gasteiger partial charge in [0.05, 0.1) is 21.4 Å². The molecule has 0 bridgehead atoms. The fourth-order valence-electron chi connectivity index (χ4n) is 2.05. The lowest BCUT2D eigenvalue weighted by Crippen LogP contribution is -2.12. The van der Waals surface area contributed by atoms with Crippen molar-refractivity contribution in [2.75, 3.05) is 11.1 Å². The molecular weight excluding hydrogens is 335 g/mol. The Hall–Kier alpha value is -2.50. The molecule has 0 unspecified atom stereocenters. The third-order valence-corrected chi connectivity index (χ3v) is 3.86. The Morgan fingerprint density at radius 1 is 1.13 bits per heavy atom. The Balaban J connectivity index is 1.78. The van der Waals surface area contributed by atoms with Crippen molar-refractivity contribution >= 4 is 40.5 Å². The van der Waals surface area contributed by atoms with Crippen LogP contribution in [0.1, 0.15) is 10.4 Å². The molecule has 0 saturated heterocycles. The van der Waals surface area contributed by atoms with Gasteiger partial charge in [0.2, 0.25) is 0 Å². The molecule has 2 aromatic carbocycles. The highest BCUT2D eigenvalue weighted by atomic mass is 35.5. The number of anilines is 2. The van der Waals surface area contributed by atoms with Crippen molar-refractivity contribution in [2.45, 2.75) is 0 Å². The van der Waals surface area contributed by atoms with E-state index >= 15 is 0 Å². The monoisotopic (exact) mass is 346 g/mol. The van der Waals surface area contributed by atoms with Crippen molar-refractivity contribution < 1.29 is 4.79 Å². The first kappa shape index (κ1) is 15.4. The second-order valence-electron chi connectivity index (χ2n) is 4.81. The quantitative estimate of drug-likeness (QED) is 0.703. The normalized spacial score (nSPS) is 10.5. The van der Waals surface area contributed by atoms with E-state index < -0.39 is 0 Å². The molecule has 5 nitrogen and oxygen atoms in total. The molecule has 3 N–H and O–H groups in total. The summed E-state index contributed by atoms with van der Waals surface area (Å²) in [5.41, 5.74) is 7.81. The van der Waals surface area contributed by atoms with E-state index in [1.165, 1.54) is 0 Å². The number of nitrogens with zero attached hydrogens (tertiary/aromatic N) is 2. The highest BCUT2D eigenvalue weighted by Crippen LogP contribution is 2.31. The number of amides is 1. The van der Waals surface area contributed by atoms with Gasteiger partial charge in [-0.1, -0.05) is 23.2 Å². The van der Waals surface area contributed by atoms with Gasteiger partial charge >= 0.3 is 0 Å². The van der Waals surface area contributed by atoms with Crippen molar-refractivity contribution in [1.82, 2.24) is 9.78 Å². The Morgan fingerprint density at radius 3 is 2.35 bits per heavy atom. The zero-order chi connectivity index (χ0) is 16.4. The number of nitrogen functional groups attached to an aromatic ring is 1. The maximum Gasteiger partial charge on any atom is 0.255 e. The number of hydrogen-bond donors (Lipinski definition) is 2. The Morgan fingerprint density at radius 2 is 1.78 bits per heavy atom. The molecule has 0 spiro atoms. The second-order valence-corrected chi connectivity index (χ2v) is 5.62. The summed E-state index contributed by atoms with van der Waals surface area (Å²) in [6.45, 7) is 0. The van der Waals surface area contributed by atoms with E-state index in [-0.39, 0.29) is 11.6 Å². The molecule has 116 valence electrons. The summed E-state index contributed by atoms with van der Waals surface area (Å²) in [4.78, 5) is 12.3. The van der Waals surface area contributed by atoms with Gasteiger partial charge in [-0.15, -0.1) is 0 Å². The molecule has 0 atom stereocenters. The topological polar surface area (TPSA) is 72.9 Å². The number of nitrogens with two attached hydrogens (primary N) is 1. The van der Waals surface area contributed by atoms with Crippen LogP contribution in [0.5, 0.6) is 0 Å². The van der Waals surface area contributed by atoms with Gasteiger partial charge in [-0.3, -0.25) is 4.79 Å². The number of nitrogens with one attached hydrogen (secondary N) is 1. The maximum atomic E-state index is 12.3. The van der Waals surface area contributed by atoms with Crippen molar-refractivity contribution in [3.05, 3.63) is 70.5 Å². The van der Waals surface area contributed by atoms with Crippen LogP contribution in [-0.4, -0.2) is 15.7 Å². The van der Waals surface area contributed by atoms with Crippen LogP contribution in [-0.2, 0) is 0 Å². The van der Waals surface area contributed by atoms with Crippen LogP contribution in [0.25, 0.3) is 5.69 Å². The minimum atomic E-state index is -0.270. The summed E-state index contributed by atoms with van der Waals surface area (Å²) in [5, 5.41) is 7.45. The lowest BCUT2D eigenvalue weighted by molar-refractivity contribution is 0.102. The molecule has 0 fully saturated rings. The second kappa shape index (κ2) is 6.32. The van der Waals surface area contributed by atoms with Crippen LogP contribution in [0, 0.1) is 0 Å². The van der Waals surface area contributed by atoms with Gasteiger partial charge in [-0.2, -0.15) is 5.10 Å². The van der Waals surface area contributed by atoms with E-state index in [1.807, 2.05) is 24.4 Å². The van der Waals surface area contributed by atoms with Gasteiger partial charge in [0.1, 0.15) is 0 Å². The number of aromatic nitrogens is 2. The van der Waals surface area contributed by atoms with Crippen molar-refractivity contribution in [2.24, 2.45) is 0 Å². The van der Waals surface area contributed by atoms with Crippen LogP contribution in [0.4, 0.5) is 11.4 Å². The fraction of sp³-hybridized carbons (Fsp3) is 0. The molecule has 0 aliphatic heterocycles. The molecule has 0 saturated carbocycles. The zero-order valence-corrected chi connectivity index (χ0v) is 13.3. The minimum Gasteiger partial charge on any atom is -0.396 e. The van der Waals surface area contributed by atoms with Gasteiger partial charge in [0, 0.05) is 23.6 Å². The van der Waals surface area contributed by atoms with Crippen molar-refractivity contribution in [3.8, 4) is 5.69 Å². The third kappa shape index (κ3) is 3.31. The van der Waals surface area contributed by atoms with E-state index in [0.29, 0.717) is 21.3 Å². The van der Waals surface area contributed by atoms with Crippen LogP contribution >= 0.6 is 23.2 Å². The molecule has 1 heterocycles. The molecule has 3 aromatic rings. The number of hydrogen-bond acceptors (Lipinski definition) is 3. The summed E-state index contributed by atoms with van der Waals surface area (Å²) < 4.78 is 1.71. The van der Waals surface area contributed by atoms with Gasteiger partial charge < -0.3 is 11.1 Å². The molecule has 1 amide bonds. The first-order valence-electron chi connectivity index (χ1n) is 6.70. The van der Waals surface area contributed by atoms with E-state index in [0.717, 1.165) is 5.69 Å². The first-order valence-corrected chi connectivity index (χ1v) is 7.46. The number of carbonyl (C=O) groups excluding carboxylic acids is 1. The fourth-order valence-corrected chi connectivity index (χ4v) is 2.53. The zero-order valence-electron chi connectivity index (χ0n) is 11.8. The number of benzene rings is 2. The molecular formula is C16H12Cl2N4O. The van der Waals surface area contributed by atoms with E-state index in [9.17, 15) is 4.79 Å². The lowest BCUT2D eigenvalue weighted by Gasteiger charge is -2.09. The Kier molecular flexibility index (Phi) is 4.23. The highest BCUT2D eigenvalue weighted by Gasteiger charge is 2.10. The van der Waals surface area contributed by atoms with Gasteiger partial charge in [0.15, 0.2) is 0 Å². The third-order valence-electron chi connectivity index (χ3n) is 3.24. The SMILES string of the molecule is Nc1c(Cl)cc(NC(=O)c2ccc(-n3cccn3)cc2)cc1Cl.